The van der Waals surface area contributed by atoms with Gasteiger partial charge >= 0.3 is 0 Å². The Morgan fingerprint density at radius 1 is 1.53 bits per heavy atom. The maximum atomic E-state index is 5.49. The van der Waals surface area contributed by atoms with Crippen LogP contribution in [0.3, 0.4) is 0 Å². The fourth-order valence-electron chi connectivity index (χ4n) is 2.40. The summed E-state index contributed by atoms with van der Waals surface area (Å²) in [5.74, 6) is 1.52. The lowest BCUT2D eigenvalue weighted by Gasteiger charge is -2.20. The van der Waals surface area contributed by atoms with Gasteiger partial charge in [-0.2, -0.15) is 5.10 Å². The number of hydrogen-bond acceptors (Lipinski definition) is 3. The van der Waals surface area contributed by atoms with Gasteiger partial charge in [-0.1, -0.05) is 6.07 Å². The van der Waals surface area contributed by atoms with E-state index in [2.05, 4.69) is 23.1 Å². The van der Waals surface area contributed by atoms with Gasteiger partial charge in [0.05, 0.1) is 0 Å². The molecule has 2 aromatic rings. The molecular weight excluding hydrogens is 214 g/mol. The molecule has 1 atom stereocenters. The molecule has 90 valence electrons. The minimum absolute atomic E-state index is 0.585. The van der Waals surface area contributed by atoms with E-state index in [0.717, 1.165) is 37.5 Å². The summed E-state index contributed by atoms with van der Waals surface area (Å²) in [7, 11) is 0. The van der Waals surface area contributed by atoms with Crippen molar-refractivity contribution in [2.75, 3.05) is 13.2 Å². The second-order valence-corrected chi connectivity index (χ2v) is 4.77. The summed E-state index contributed by atoms with van der Waals surface area (Å²) in [6.07, 6.45) is 5.28. The van der Waals surface area contributed by atoms with Gasteiger partial charge in [-0.3, -0.25) is 0 Å². The van der Waals surface area contributed by atoms with Gasteiger partial charge < -0.3 is 4.74 Å². The average molecular weight is 231 g/mol. The van der Waals surface area contributed by atoms with Crippen molar-refractivity contribution < 1.29 is 4.74 Å². The van der Waals surface area contributed by atoms with Crippen LogP contribution in [0.15, 0.2) is 18.3 Å². The van der Waals surface area contributed by atoms with Crippen LogP contribution in [0.2, 0.25) is 0 Å². The van der Waals surface area contributed by atoms with Crippen molar-refractivity contribution in [2.45, 2.75) is 26.2 Å². The second kappa shape index (κ2) is 4.45. The summed E-state index contributed by atoms with van der Waals surface area (Å²) < 4.78 is 7.36. The van der Waals surface area contributed by atoms with Crippen LogP contribution in [0.4, 0.5) is 0 Å². The molecule has 0 aliphatic carbocycles. The molecule has 0 aromatic carbocycles. The molecule has 4 nitrogen and oxygen atoms in total. The third-order valence-corrected chi connectivity index (χ3v) is 3.33. The molecule has 2 aromatic heterocycles. The topological polar surface area (TPSA) is 39.4 Å². The number of pyridine rings is 1. The van der Waals surface area contributed by atoms with Crippen molar-refractivity contribution in [1.82, 2.24) is 14.6 Å². The highest BCUT2D eigenvalue weighted by molar-refractivity contribution is 5.45. The summed E-state index contributed by atoms with van der Waals surface area (Å²) in [5, 5.41) is 4.52. The maximum absolute atomic E-state index is 5.49. The first-order valence-corrected chi connectivity index (χ1v) is 6.21. The molecular formula is C13H17N3O. The number of aromatic nitrogens is 3. The molecule has 0 amide bonds. The van der Waals surface area contributed by atoms with Crippen LogP contribution in [0, 0.1) is 12.8 Å². The standard InChI is InChI=1S/C13H17N3O/c1-10-4-2-6-16-13(10)14-12(15-16)8-11-5-3-7-17-9-11/h2,4,6,11H,3,5,7-9H2,1H3. The van der Waals surface area contributed by atoms with E-state index in [0.29, 0.717) is 5.92 Å². The van der Waals surface area contributed by atoms with Crippen LogP contribution < -0.4 is 0 Å². The molecule has 1 fully saturated rings. The zero-order chi connectivity index (χ0) is 11.7. The Hall–Kier alpha value is -1.42. The molecule has 4 heteroatoms. The minimum Gasteiger partial charge on any atom is -0.381 e. The molecule has 1 saturated heterocycles. The Bertz CT molecular complexity index is 514. The Morgan fingerprint density at radius 3 is 3.24 bits per heavy atom. The first-order chi connectivity index (χ1) is 8.33. The highest BCUT2D eigenvalue weighted by Gasteiger charge is 2.17. The zero-order valence-electron chi connectivity index (χ0n) is 10.1. The predicted molar refractivity (Wildman–Crippen MR) is 65.0 cm³/mol. The van der Waals surface area contributed by atoms with Crippen LogP contribution >= 0.6 is 0 Å². The van der Waals surface area contributed by atoms with Crippen molar-refractivity contribution in [1.29, 1.82) is 0 Å². The van der Waals surface area contributed by atoms with Crippen LogP contribution in [0.5, 0.6) is 0 Å². The monoisotopic (exact) mass is 231 g/mol. The van der Waals surface area contributed by atoms with E-state index in [1.807, 2.05) is 16.8 Å². The Kier molecular flexibility index (Phi) is 2.81. The van der Waals surface area contributed by atoms with Gasteiger partial charge in [-0.05, 0) is 37.3 Å². The van der Waals surface area contributed by atoms with Crippen LogP contribution in [0.1, 0.15) is 24.2 Å². The first-order valence-electron chi connectivity index (χ1n) is 6.21. The molecule has 1 aliphatic rings. The van der Waals surface area contributed by atoms with Gasteiger partial charge in [-0.25, -0.2) is 9.50 Å². The largest absolute Gasteiger partial charge is 0.381 e. The number of aryl methyl sites for hydroxylation is 1. The predicted octanol–water partition coefficient (Wildman–Crippen LogP) is 2.01. The zero-order valence-corrected chi connectivity index (χ0v) is 10.1. The normalized spacial score (nSPS) is 20.9. The highest BCUT2D eigenvalue weighted by atomic mass is 16.5. The van der Waals surface area contributed by atoms with Crippen LogP contribution in [-0.4, -0.2) is 27.8 Å². The van der Waals surface area contributed by atoms with Crippen molar-refractivity contribution in [3.63, 3.8) is 0 Å². The number of nitrogens with zero attached hydrogens (tertiary/aromatic N) is 3. The third-order valence-electron chi connectivity index (χ3n) is 3.33. The maximum Gasteiger partial charge on any atom is 0.158 e. The number of rotatable bonds is 2. The van der Waals surface area contributed by atoms with Gasteiger partial charge in [0.15, 0.2) is 11.5 Å². The van der Waals surface area contributed by atoms with Crippen molar-refractivity contribution in [3.05, 3.63) is 29.7 Å². The van der Waals surface area contributed by atoms with Crippen LogP contribution in [-0.2, 0) is 11.2 Å². The molecule has 3 rings (SSSR count). The van der Waals surface area contributed by atoms with Crippen molar-refractivity contribution >= 4 is 5.65 Å². The number of ether oxygens (including phenoxy) is 1. The minimum atomic E-state index is 0.585. The number of fused-ring (bicyclic) bond motifs is 1. The van der Waals surface area contributed by atoms with Gasteiger partial charge in [0.25, 0.3) is 0 Å². The summed E-state index contributed by atoms with van der Waals surface area (Å²) in [6.45, 7) is 3.83. The number of hydrogen-bond donors (Lipinski definition) is 0. The lowest BCUT2D eigenvalue weighted by Crippen LogP contribution is -2.19. The van der Waals surface area contributed by atoms with Crippen LogP contribution in [0.25, 0.3) is 5.65 Å². The van der Waals surface area contributed by atoms with Gasteiger partial charge in [0.2, 0.25) is 0 Å². The quantitative estimate of drug-likeness (QED) is 0.793. The molecule has 3 heterocycles. The third kappa shape index (κ3) is 2.17. The van der Waals surface area contributed by atoms with E-state index in [4.69, 9.17) is 4.74 Å². The van der Waals surface area contributed by atoms with E-state index >= 15 is 0 Å². The van der Waals surface area contributed by atoms with Gasteiger partial charge in [0.1, 0.15) is 0 Å². The highest BCUT2D eigenvalue weighted by Crippen LogP contribution is 2.18. The molecule has 0 saturated carbocycles. The summed E-state index contributed by atoms with van der Waals surface area (Å²) >= 11 is 0. The molecule has 0 N–H and O–H groups in total. The molecule has 0 spiro atoms. The summed E-state index contributed by atoms with van der Waals surface area (Å²) in [4.78, 5) is 4.60. The molecule has 1 unspecified atom stereocenters. The van der Waals surface area contributed by atoms with Gasteiger partial charge in [-0.15, -0.1) is 0 Å². The fourth-order valence-corrected chi connectivity index (χ4v) is 2.40. The Morgan fingerprint density at radius 2 is 2.47 bits per heavy atom. The summed E-state index contributed by atoms with van der Waals surface area (Å²) in [6, 6.07) is 4.07. The molecule has 0 radical (unpaired) electrons. The Balaban J connectivity index is 1.83. The van der Waals surface area contributed by atoms with E-state index in [1.165, 1.54) is 12.0 Å². The molecule has 0 bridgehead atoms. The average Bonchev–Trinajstić information content (AvgIpc) is 2.74. The smallest absolute Gasteiger partial charge is 0.158 e. The SMILES string of the molecule is Cc1cccn2nc(CC3CCCOC3)nc12. The molecule has 17 heavy (non-hydrogen) atoms. The second-order valence-electron chi connectivity index (χ2n) is 4.77. The summed E-state index contributed by atoms with van der Waals surface area (Å²) in [5.41, 5.74) is 2.14. The Labute approximate surface area is 101 Å². The lowest BCUT2D eigenvalue weighted by molar-refractivity contribution is 0.0543. The lowest BCUT2D eigenvalue weighted by atomic mass is 9.98. The van der Waals surface area contributed by atoms with E-state index < -0.39 is 0 Å². The van der Waals surface area contributed by atoms with E-state index in [1.54, 1.807) is 0 Å². The molecule has 1 aliphatic heterocycles. The van der Waals surface area contributed by atoms with Crippen molar-refractivity contribution in [3.8, 4) is 0 Å². The van der Waals surface area contributed by atoms with E-state index in [9.17, 15) is 0 Å². The van der Waals surface area contributed by atoms with Gasteiger partial charge in [0, 0.05) is 25.8 Å². The fraction of sp³-hybridized carbons (Fsp3) is 0.538. The first kappa shape index (κ1) is 10.7. The van der Waals surface area contributed by atoms with E-state index in [-0.39, 0.29) is 0 Å². The van der Waals surface area contributed by atoms with Crippen molar-refractivity contribution in [2.24, 2.45) is 5.92 Å².